The van der Waals surface area contributed by atoms with Crippen LogP contribution in [0.2, 0.25) is 19.6 Å². The highest BCUT2D eigenvalue weighted by atomic mass is 32.2. The number of rotatable bonds is 3. The fourth-order valence-corrected chi connectivity index (χ4v) is 5.96. The van der Waals surface area contributed by atoms with Gasteiger partial charge in [-0.1, -0.05) is 37.3 Å². The van der Waals surface area contributed by atoms with Gasteiger partial charge in [-0.3, -0.25) is 0 Å². The van der Waals surface area contributed by atoms with E-state index in [1.165, 1.54) is 4.31 Å². The summed E-state index contributed by atoms with van der Waals surface area (Å²) in [7, 11) is -5.25. The minimum atomic E-state index is -3.49. The van der Waals surface area contributed by atoms with Crippen molar-refractivity contribution in [2.75, 3.05) is 13.1 Å². The van der Waals surface area contributed by atoms with Gasteiger partial charge in [0.15, 0.2) is 0 Å². The van der Waals surface area contributed by atoms with Crippen LogP contribution in [-0.2, 0) is 10.0 Å². The van der Waals surface area contributed by atoms with Crippen molar-refractivity contribution >= 4 is 18.1 Å². The molecule has 1 fully saturated rings. The number of nitriles is 1. The van der Waals surface area contributed by atoms with Gasteiger partial charge >= 0.3 is 0 Å². The largest absolute Gasteiger partial charge is 0.243 e. The number of hydrogen-bond donors (Lipinski definition) is 0. The Balaban J connectivity index is 2.36. The van der Waals surface area contributed by atoms with Crippen molar-refractivity contribution in [3.63, 3.8) is 0 Å². The Kier molecular flexibility index (Phi) is 5.14. The zero-order chi connectivity index (χ0) is 17.3. The number of sulfonamides is 1. The van der Waals surface area contributed by atoms with Gasteiger partial charge in [-0.15, -0.1) is 0 Å². The van der Waals surface area contributed by atoms with E-state index in [1.807, 2.05) is 19.1 Å². The first-order valence-electron chi connectivity index (χ1n) is 7.85. The van der Waals surface area contributed by atoms with E-state index in [9.17, 15) is 13.7 Å². The summed E-state index contributed by atoms with van der Waals surface area (Å²) in [6, 6.07) is 9.30. The third kappa shape index (κ3) is 3.92. The summed E-state index contributed by atoms with van der Waals surface area (Å²) in [6.45, 7) is 9.20. The Bertz CT molecular complexity index is 753. The summed E-state index contributed by atoms with van der Waals surface area (Å²) in [6.07, 6.45) is 1.60. The van der Waals surface area contributed by atoms with Crippen molar-refractivity contribution in [3.8, 4) is 6.07 Å². The van der Waals surface area contributed by atoms with Crippen LogP contribution in [0.15, 0.2) is 39.9 Å². The first kappa shape index (κ1) is 17.9. The summed E-state index contributed by atoms with van der Waals surface area (Å²) in [5, 5.41) is 10.4. The molecule has 1 aromatic carbocycles. The van der Waals surface area contributed by atoms with Crippen molar-refractivity contribution in [1.29, 1.82) is 5.26 Å². The minimum absolute atomic E-state index is 0.330. The summed E-state index contributed by atoms with van der Waals surface area (Å²) in [5.41, 5.74) is 2.04. The van der Waals surface area contributed by atoms with Crippen molar-refractivity contribution in [2.24, 2.45) is 0 Å². The van der Waals surface area contributed by atoms with Crippen molar-refractivity contribution in [1.82, 2.24) is 4.31 Å². The van der Waals surface area contributed by atoms with Gasteiger partial charge in [0.05, 0.1) is 19.0 Å². The fourth-order valence-electron chi connectivity index (χ4n) is 2.89. The first-order chi connectivity index (χ1) is 10.7. The van der Waals surface area contributed by atoms with E-state index in [-0.39, 0.29) is 0 Å². The quantitative estimate of drug-likeness (QED) is 0.620. The molecule has 0 radical (unpaired) electrons. The molecule has 4 nitrogen and oxygen atoms in total. The number of benzene rings is 1. The molecule has 0 aliphatic carbocycles. The lowest BCUT2D eigenvalue weighted by Crippen LogP contribution is -2.38. The highest BCUT2D eigenvalue weighted by molar-refractivity contribution is 7.89. The van der Waals surface area contributed by atoms with Gasteiger partial charge in [-0.2, -0.15) is 9.57 Å². The molecule has 0 bridgehead atoms. The van der Waals surface area contributed by atoms with Crippen LogP contribution in [0.3, 0.4) is 0 Å². The fraction of sp³-hybridized carbons (Fsp3) is 0.471. The molecular formula is C17H24N2O2SSi. The van der Waals surface area contributed by atoms with Crippen molar-refractivity contribution in [3.05, 3.63) is 40.6 Å². The number of hydrogen-bond acceptors (Lipinski definition) is 3. The smallest absolute Gasteiger partial charge is 0.207 e. The lowest BCUT2D eigenvalue weighted by Gasteiger charge is -2.30. The van der Waals surface area contributed by atoms with Gasteiger partial charge < -0.3 is 0 Å². The Morgan fingerprint density at radius 3 is 2.35 bits per heavy atom. The minimum Gasteiger partial charge on any atom is -0.207 e. The monoisotopic (exact) mass is 348 g/mol. The third-order valence-electron chi connectivity index (χ3n) is 4.13. The Morgan fingerprint density at radius 2 is 1.83 bits per heavy atom. The van der Waals surface area contributed by atoms with E-state index in [1.54, 1.807) is 12.1 Å². The molecule has 1 aliphatic rings. The van der Waals surface area contributed by atoms with Crippen LogP contribution in [0, 0.1) is 18.3 Å². The van der Waals surface area contributed by atoms with Crippen LogP contribution in [-0.4, -0.2) is 33.9 Å². The molecule has 0 spiro atoms. The van der Waals surface area contributed by atoms with Gasteiger partial charge in [0.2, 0.25) is 10.0 Å². The molecule has 2 rings (SSSR count). The Morgan fingerprint density at radius 1 is 1.22 bits per heavy atom. The highest BCUT2D eigenvalue weighted by Gasteiger charge is 2.31. The Hall–Kier alpha value is -1.42. The molecule has 1 aliphatic heterocycles. The van der Waals surface area contributed by atoms with Crippen LogP contribution >= 0.6 is 0 Å². The van der Waals surface area contributed by atoms with Gasteiger partial charge in [0.1, 0.15) is 0 Å². The molecule has 1 aromatic rings. The van der Waals surface area contributed by atoms with Gasteiger partial charge in [0.25, 0.3) is 0 Å². The number of piperidine rings is 1. The van der Waals surface area contributed by atoms with Crippen LogP contribution < -0.4 is 0 Å². The molecule has 0 aromatic heterocycles. The first-order valence-corrected chi connectivity index (χ1v) is 12.8. The van der Waals surface area contributed by atoms with Crippen LogP contribution in [0.5, 0.6) is 0 Å². The predicted molar refractivity (Wildman–Crippen MR) is 95.2 cm³/mol. The van der Waals surface area contributed by atoms with Gasteiger partial charge in [-0.05, 0) is 37.5 Å². The number of nitrogens with zero attached hydrogens (tertiary/aromatic N) is 2. The van der Waals surface area contributed by atoms with Crippen molar-refractivity contribution < 1.29 is 8.42 Å². The van der Waals surface area contributed by atoms with Gasteiger partial charge in [-0.25, -0.2) is 8.42 Å². The van der Waals surface area contributed by atoms with E-state index in [0.717, 1.165) is 29.2 Å². The zero-order valence-electron chi connectivity index (χ0n) is 14.3. The van der Waals surface area contributed by atoms with Crippen molar-refractivity contribution in [2.45, 2.75) is 44.3 Å². The topological polar surface area (TPSA) is 61.2 Å². The molecule has 124 valence electrons. The predicted octanol–water partition coefficient (Wildman–Crippen LogP) is 3.48. The van der Waals surface area contributed by atoms with E-state index < -0.39 is 18.1 Å². The average molecular weight is 349 g/mol. The van der Waals surface area contributed by atoms with E-state index in [2.05, 4.69) is 25.7 Å². The standard InChI is InChI=1S/C17H24N2O2SSi/c1-14-7-9-16(10-8-14)22(20,21)19-11-5-6-15(13-19)17(12-18)23(2,3)4/h7-10H,5-6,11,13H2,1-4H3/b17-15+. The van der Waals surface area contributed by atoms with E-state index >= 15 is 0 Å². The maximum atomic E-state index is 12.8. The van der Waals surface area contributed by atoms with E-state index in [4.69, 9.17) is 0 Å². The lowest BCUT2D eigenvalue weighted by molar-refractivity contribution is 0.394. The molecular weight excluding hydrogens is 324 g/mol. The van der Waals surface area contributed by atoms with Crippen LogP contribution in [0.4, 0.5) is 0 Å². The summed E-state index contributed by atoms with van der Waals surface area (Å²) in [4.78, 5) is 0.330. The van der Waals surface area contributed by atoms with E-state index in [0.29, 0.717) is 18.0 Å². The number of aryl methyl sites for hydroxylation is 1. The maximum Gasteiger partial charge on any atom is 0.243 e. The van der Waals surface area contributed by atoms with Crippen LogP contribution in [0.25, 0.3) is 0 Å². The SMILES string of the molecule is Cc1ccc(S(=O)(=O)N2CCC/C(=C(/C#N)[Si](C)(C)C)C2)cc1. The summed E-state index contributed by atoms with van der Waals surface area (Å²) < 4.78 is 27.2. The second-order valence-corrected chi connectivity index (χ2v) is 14.0. The van der Waals surface area contributed by atoms with Gasteiger partial charge in [0, 0.05) is 18.3 Å². The molecule has 0 atom stereocenters. The lowest BCUT2D eigenvalue weighted by atomic mass is 10.1. The number of allylic oxidation sites excluding steroid dienone is 1. The zero-order valence-corrected chi connectivity index (χ0v) is 16.1. The molecule has 0 amide bonds. The second-order valence-electron chi connectivity index (χ2n) is 7.10. The summed E-state index contributed by atoms with van der Waals surface area (Å²) in [5.74, 6) is 0. The highest BCUT2D eigenvalue weighted by Crippen LogP contribution is 2.28. The molecule has 0 saturated carbocycles. The molecule has 0 N–H and O–H groups in total. The molecule has 1 heterocycles. The summed E-state index contributed by atoms with van der Waals surface area (Å²) >= 11 is 0. The molecule has 1 saturated heterocycles. The maximum absolute atomic E-state index is 12.8. The van der Waals surface area contributed by atoms with Crippen LogP contribution in [0.1, 0.15) is 18.4 Å². The molecule has 0 unspecified atom stereocenters. The average Bonchev–Trinajstić information content (AvgIpc) is 2.47. The Labute approximate surface area is 140 Å². The molecule has 6 heteroatoms. The molecule has 23 heavy (non-hydrogen) atoms. The normalized spacial score (nSPS) is 19.3. The third-order valence-corrected chi connectivity index (χ3v) is 7.95. The second kappa shape index (κ2) is 6.60.